The number of rotatable bonds is 12. The second-order valence-corrected chi connectivity index (χ2v) is 15.3. The first kappa shape index (κ1) is 33.2. The van der Waals surface area contributed by atoms with Gasteiger partial charge >= 0.3 is 0 Å². The molecular formula is C33H47F2N7O3S. The minimum Gasteiger partial charge on any atom is -0.380 e. The van der Waals surface area contributed by atoms with Crippen LogP contribution in [-0.4, -0.2) is 78.0 Å². The number of sulfonamides is 1. The summed E-state index contributed by atoms with van der Waals surface area (Å²) in [5.41, 5.74) is 1.49. The lowest BCUT2D eigenvalue weighted by atomic mass is 9.84. The second kappa shape index (κ2) is 15.0. The number of nitrogens with one attached hydrogen (secondary N) is 2. The lowest BCUT2D eigenvalue weighted by Crippen LogP contribution is -2.37. The number of likely N-dealkylation sites (tertiary alicyclic amines) is 1. The van der Waals surface area contributed by atoms with Crippen LogP contribution in [0, 0.1) is 23.5 Å². The Hall–Kier alpha value is -2.74. The number of aromatic nitrogens is 4. The molecule has 2 aromatic heterocycles. The zero-order valence-electron chi connectivity index (χ0n) is 26.8. The van der Waals surface area contributed by atoms with Crippen LogP contribution in [0.4, 0.5) is 20.4 Å². The van der Waals surface area contributed by atoms with Crippen LogP contribution >= 0.6 is 0 Å². The molecule has 0 spiro atoms. The van der Waals surface area contributed by atoms with Gasteiger partial charge in [0, 0.05) is 37.7 Å². The van der Waals surface area contributed by atoms with Gasteiger partial charge < -0.3 is 15.0 Å². The number of anilines is 2. The molecule has 10 nitrogen and oxygen atoms in total. The Morgan fingerprint density at radius 3 is 2.41 bits per heavy atom. The highest BCUT2D eigenvalue weighted by Gasteiger charge is 2.29. The van der Waals surface area contributed by atoms with E-state index in [1.54, 1.807) is 6.20 Å². The molecule has 2 aliphatic carbocycles. The maximum Gasteiger partial charge on any atom is 0.210 e. The van der Waals surface area contributed by atoms with E-state index in [4.69, 9.17) is 14.7 Å². The number of benzene rings is 1. The minimum atomic E-state index is -3.22. The molecule has 0 bridgehead atoms. The molecule has 3 aromatic rings. The monoisotopic (exact) mass is 659 g/mol. The third kappa shape index (κ3) is 8.78. The zero-order chi connectivity index (χ0) is 32.1. The molecule has 0 amide bonds. The molecule has 0 atom stereocenters. The van der Waals surface area contributed by atoms with Gasteiger partial charge in [0.15, 0.2) is 5.65 Å². The quantitative estimate of drug-likeness (QED) is 0.237. The van der Waals surface area contributed by atoms with Gasteiger partial charge in [-0.3, -0.25) is 4.57 Å². The molecule has 0 radical (unpaired) electrons. The maximum absolute atomic E-state index is 14.7. The summed E-state index contributed by atoms with van der Waals surface area (Å²) in [4.78, 5) is 16.9. The molecule has 0 unspecified atom stereocenters. The molecule has 1 saturated heterocycles. The average Bonchev–Trinajstić information content (AvgIpc) is 3.39. The van der Waals surface area contributed by atoms with E-state index in [1.807, 2.05) is 0 Å². The molecular weight excluding hydrogens is 612 g/mol. The molecule has 3 heterocycles. The van der Waals surface area contributed by atoms with Gasteiger partial charge in [0.25, 0.3) is 0 Å². The van der Waals surface area contributed by atoms with Crippen molar-refractivity contribution in [2.24, 2.45) is 11.8 Å². The number of imidazole rings is 1. The third-order valence-electron chi connectivity index (χ3n) is 9.89. The fraction of sp³-hybridized carbons (Fsp3) is 0.667. The molecule has 1 aliphatic heterocycles. The van der Waals surface area contributed by atoms with Crippen LogP contribution < -0.4 is 10.0 Å². The van der Waals surface area contributed by atoms with E-state index in [2.05, 4.69) is 24.5 Å². The van der Waals surface area contributed by atoms with Crippen molar-refractivity contribution in [2.45, 2.75) is 89.1 Å². The van der Waals surface area contributed by atoms with E-state index in [0.717, 1.165) is 83.0 Å². The summed E-state index contributed by atoms with van der Waals surface area (Å²) in [7, 11) is -3.22. The summed E-state index contributed by atoms with van der Waals surface area (Å²) in [5.74, 6) is 0.740. The van der Waals surface area contributed by atoms with Gasteiger partial charge in [-0.05, 0) is 101 Å². The van der Waals surface area contributed by atoms with Crippen LogP contribution in [0.15, 0.2) is 24.4 Å². The van der Waals surface area contributed by atoms with Crippen molar-refractivity contribution in [3.8, 4) is 0 Å². The van der Waals surface area contributed by atoms with E-state index in [9.17, 15) is 17.2 Å². The number of nitrogens with zero attached hydrogens (tertiary/aromatic N) is 5. The van der Waals surface area contributed by atoms with E-state index < -0.39 is 21.7 Å². The Morgan fingerprint density at radius 2 is 1.70 bits per heavy atom. The van der Waals surface area contributed by atoms with Crippen LogP contribution in [0.25, 0.3) is 11.2 Å². The van der Waals surface area contributed by atoms with Gasteiger partial charge in [-0.25, -0.2) is 36.9 Å². The Balaban J connectivity index is 1.14. The lowest BCUT2D eigenvalue weighted by Gasteiger charge is -2.31. The summed E-state index contributed by atoms with van der Waals surface area (Å²) in [6.45, 7) is 4.91. The van der Waals surface area contributed by atoms with Gasteiger partial charge in [-0.2, -0.15) is 0 Å². The third-order valence-corrected chi connectivity index (χ3v) is 10.7. The first-order chi connectivity index (χ1) is 22.2. The molecule has 3 aliphatic rings. The summed E-state index contributed by atoms with van der Waals surface area (Å²) >= 11 is 0. The van der Waals surface area contributed by atoms with Crippen molar-refractivity contribution in [1.82, 2.24) is 29.1 Å². The number of halogens is 2. The van der Waals surface area contributed by atoms with Crippen LogP contribution in [0.5, 0.6) is 0 Å². The van der Waals surface area contributed by atoms with Crippen molar-refractivity contribution in [1.29, 1.82) is 0 Å². The lowest BCUT2D eigenvalue weighted by molar-refractivity contribution is 0.0587. The molecule has 3 fully saturated rings. The zero-order valence-corrected chi connectivity index (χ0v) is 27.6. The van der Waals surface area contributed by atoms with Crippen molar-refractivity contribution in [2.75, 3.05) is 44.4 Å². The van der Waals surface area contributed by atoms with Crippen LogP contribution in [0.3, 0.4) is 0 Å². The van der Waals surface area contributed by atoms with Gasteiger partial charge in [0.1, 0.15) is 23.0 Å². The highest BCUT2D eigenvalue weighted by Crippen LogP contribution is 2.37. The first-order valence-electron chi connectivity index (χ1n) is 16.9. The van der Waals surface area contributed by atoms with E-state index in [1.165, 1.54) is 50.7 Å². The van der Waals surface area contributed by atoms with Crippen LogP contribution in [0.2, 0.25) is 0 Å². The smallest absolute Gasteiger partial charge is 0.210 e. The van der Waals surface area contributed by atoms with Gasteiger partial charge in [0.05, 0.1) is 24.7 Å². The maximum atomic E-state index is 14.7. The summed E-state index contributed by atoms with van der Waals surface area (Å²) < 4.78 is 62.6. The molecule has 252 valence electrons. The number of hydrogen-bond donors (Lipinski definition) is 2. The molecule has 2 N–H and O–H groups in total. The fourth-order valence-corrected chi connectivity index (χ4v) is 8.25. The molecule has 6 rings (SSSR count). The van der Waals surface area contributed by atoms with Crippen molar-refractivity contribution in [3.05, 3.63) is 41.9 Å². The summed E-state index contributed by atoms with van der Waals surface area (Å²) in [6, 6.07) is 3.57. The van der Waals surface area contributed by atoms with E-state index in [0.29, 0.717) is 35.4 Å². The van der Waals surface area contributed by atoms with Gasteiger partial charge in [-0.15, -0.1) is 0 Å². The summed E-state index contributed by atoms with van der Waals surface area (Å²) in [6.07, 6.45) is 14.8. The Labute approximate surface area is 270 Å². The molecule has 13 heteroatoms. The topological polar surface area (TPSA) is 114 Å². The SMILES string of the molecule is CS(=O)(=O)NC1CCC(Cc2ncc3nc(Nc4ccc(F)cc4F)n(C4CCC(COCCN5CCCCC5)CC4)c3n2)CC1. The van der Waals surface area contributed by atoms with Crippen LogP contribution in [-0.2, 0) is 21.2 Å². The number of piperidine rings is 1. The average molecular weight is 660 g/mol. The Kier molecular flexibility index (Phi) is 10.8. The van der Waals surface area contributed by atoms with Crippen molar-refractivity contribution < 1.29 is 21.9 Å². The predicted octanol–water partition coefficient (Wildman–Crippen LogP) is 5.73. The number of ether oxygens (including phenoxy) is 1. The standard InChI is InChI=1S/C33H47F2N7O3S/c1-46(43,44)40-26-10-5-23(6-11-26)19-31-36-21-30-32(39-31)42(33(38-30)37-29-14-9-25(34)20-28(29)35)27-12-7-24(8-13-27)22-45-18-17-41-15-3-2-4-16-41/h9,14,20-21,23-24,26-27,40H,2-8,10-13,15-19,22H2,1H3,(H,37,38). The van der Waals surface area contributed by atoms with Gasteiger partial charge in [-0.1, -0.05) is 6.42 Å². The Bertz CT molecular complexity index is 1560. The van der Waals surface area contributed by atoms with Crippen molar-refractivity contribution in [3.63, 3.8) is 0 Å². The largest absolute Gasteiger partial charge is 0.380 e. The molecule has 1 aromatic carbocycles. The van der Waals surface area contributed by atoms with E-state index >= 15 is 0 Å². The van der Waals surface area contributed by atoms with Crippen molar-refractivity contribution >= 4 is 32.8 Å². The highest BCUT2D eigenvalue weighted by atomic mass is 32.2. The first-order valence-corrected chi connectivity index (χ1v) is 18.8. The minimum absolute atomic E-state index is 0.0215. The fourth-order valence-electron chi connectivity index (χ4n) is 7.41. The normalized spacial score (nSPS) is 24.8. The van der Waals surface area contributed by atoms with Crippen LogP contribution in [0.1, 0.15) is 82.5 Å². The molecule has 46 heavy (non-hydrogen) atoms. The number of hydrogen-bond acceptors (Lipinski definition) is 8. The highest BCUT2D eigenvalue weighted by molar-refractivity contribution is 7.88. The van der Waals surface area contributed by atoms with Gasteiger partial charge in [0.2, 0.25) is 16.0 Å². The summed E-state index contributed by atoms with van der Waals surface area (Å²) in [5, 5.41) is 3.12. The number of fused-ring (bicyclic) bond motifs is 1. The second-order valence-electron chi connectivity index (χ2n) is 13.5. The predicted molar refractivity (Wildman–Crippen MR) is 174 cm³/mol. The van der Waals surface area contributed by atoms with E-state index in [-0.39, 0.29) is 17.8 Å². The Morgan fingerprint density at radius 1 is 0.957 bits per heavy atom. The molecule has 2 saturated carbocycles.